The lowest BCUT2D eigenvalue weighted by Crippen LogP contribution is -2.51. The Morgan fingerprint density at radius 1 is 1.44 bits per heavy atom. The first-order valence-electron chi connectivity index (χ1n) is 5.92. The second-order valence-corrected chi connectivity index (χ2v) is 4.96. The van der Waals surface area contributed by atoms with E-state index < -0.39 is 11.5 Å². The Morgan fingerprint density at radius 3 is 2.67 bits per heavy atom. The van der Waals surface area contributed by atoms with Crippen molar-refractivity contribution in [2.45, 2.75) is 25.3 Å². The van der Waals surface area contributed by atoms with Crippen molar-refractivity contribution in [3.63, 3.8) is 0 Å². The van der Waals surface area contributed by atoms with Crippen LogP contribution in [0.2, 0.25) is 0 Å². The zero-order chi connectivity index (χ0) is 13.8. The Morgan fingerprint density at radius 2 is 2.11 bits per heavy atom. The fourth-order valence-electron chi connectivity index (χ4n) is 2.03. The lowest BCUT2D eigenvalue weighted by atomic mass is 10.00. The van der Waals surface area contributed by atoms with Gasteiger partial charge in [0, 0.05) is 65.8 Å². The van der Waals surface area contributed by atoms with E-state index in [0.717, 1.165) is 6.54 Å². The van der Waals surface area contributed by atoms with Crippen molar-refractivity contribution in [1.82, 2.24) is 14.7 Å². The van der Waals surface area contributed by atoms with Gasteiger partial charge in [-0.3, -0.25) is 19.5 Å². The fourth-order valence-corrected chi connectivity index (χ4v) is 2.03. The van der Waals surface area contributed by atoms with Gasteiger partial charge in [-0.25, -0.2) is 0 Å². The molecule has 1 N–H and O–H groups in total. The number of hydrogen-bond donors (Lipinski definition) is 1. The number of rotatable bonds is 5. The maximum atomic E-state index is 10.5. The van der Waals surface area contributed by atoms with Crippen LogP contribution in [-0.4, -0.2) is 57.5 Å². The van der Waals surface area contributed by atoms with E-state index >= 15 is 0 Å². The van der Waals surface area contributed by atoms with E-state index in [0.29, 0.717) is 26.1 Å². The molecule has 5 heteroatoms. The van der Waals surface area contributed by atoms with Gasteiger partial charge in [0.2, 0.25) is 0 Å². The van der Waals surface area contributed by atoms with E-state index in [1.54, 1.807) is 4.90 Å². The number of aliphatic carboxylic acids is 1. The van der Waals surface area contributed by atoms with Crippen LogP contribution in [0.15, 0.2) is 0 Å². The van der Waals surface area contributed by atoms with E-state index in [9.17, 15) is 4.79 Å². The molecule has 1 rings (SSSR count). The number of nitrogens with zero attached hydrogens (tertiary/aromatic N) is 3. The molecule has 18 heavy (non-hydrogen) atoms. The fraction of sp³-hybridized carbons (Fsp3) is 0.615. The van der Waals surface area contributed by atoms with E-state index in [1.807, 2.05) is 18.4 Å². The van der Waals surface area contributed by atoms with E-state index in [1.165, 1.54) is 4.90 Å². The summed E-state index contributed by atoms with van der Waals surface area (Å²) in [4.78, 5) is 15.4. The Hall–Kier alpha value is -0.650. The highest BCUT2D eigenvalue weighted by Crippen LogP contribution is 2.21. The molecule has 0 amide bonds. The predicted octanol–water partition coefficient (Wildman–Crippen LogP) is 0.697. The van der Waals surface area contributed by atoms with Crippen LogP contribution in [0.25, 0.3) is 0 Å². The Bertz CT molecular complexity index is 283. The number of carboxylic acids is 1. The minimum atomic E-state index is -0.802. The molecular weight excluding hydrogens is 230 g/mol. The van der Waals surface area contributed by atoms with Gasteiger partial charge in [0.25, 0.3) is 0 Å². The summed E-state index contributed by atoms with van der Waals surface area (Å²) in [5, 5.41) is 8.62. The highest BCUT2D eigenvalue weighted by atomic mass is 16.4. The molecule has 99 valence electrons. The number of carbonyl (C=O) groups is 1. The van der Waals surface area contributed by atoms with E-state index in [2.05, 4.69) is 0 Å². The minimum absolute atomic E-state index is 0.120. The van der Waals surface area contributed by atoms with E-state index in [4.69, 9.17) is 26.2 Å². The molecule has 0 aromatic carbocycles. The molecular formula is C13H20N3O2. The van der Waals surface area contributed by atoms with Crippen LogP contribution in [-0.2, 0) is 4.79 Å². The van der Waals surface area contributed by atoms with Gasteiger partial charge in [-0.05, 0) is 13.3 Å². The van der Waals surface area contributed by atoms with Crippen molar-refractivity contribution in [3.8, 4) is 0 Å². The predicted molar refractivity (Wildman–Crippen MR) is 67.5 cm³/mol. The molecule has 1 aliphatic rings. The second kappa shape index (κ2) is 6.50. The summed E-state index contributed by atoms with van der Waals surface area (Å²) < 4.78 is 0. The van der Waals surface area contributed by atoms with Gasteiger partial charge in [0.15, 0.2) is 0 Å². The molecule has 0 spiro atoms. The van der Waals surface area contributed by atoms with Gasteiger partial charge in [-0.2, -0.15) is 0 Å². The maximum Gasteiger partial charge on any atom is 0.303 e. The molecule has 5 nitrogen and oxygen atoms in total. The van der Waals surface area contributed by atoms with Gasteiger partial charge < -0.3 is 5.11 Å². The topological polar surface area (TPSA) is 47.0 Å². The molecule has 7 radical (unpaired) electrons. The van der Waals surface area contributed by atoms with Crippen molar-refractivity contribution in [1.29, 1.82) is 0 Å². The van der Waals surface area contributed by atoms with Gasteiger partial charge in [-0.1, -0.05) is 0 Å². The Labute approximate surface area is 110 Å². The molecule has 0 aromatic rings. The molecule has 1 saturated heterocycles. The molecule has 0 bridgehead atoms. The normalized spacial score (nSPS) is 27.4. The lowest BCUT2D eigenvalue weighted by Gasteiger charge is -2.38. The number of carboxylic acid groups (broad SMARTS) is 1. The molecule has 0 aliphatic carbocycles. The zero-order valence-corrected chi connectivity index (χ0v) is 10.7. The van der Waals surface area contributed by atoms with Crippen LogP contribution in [0.1, 0.15) is 19.8 Å². The summed E-state index contributed by atoms with van der Waals surface area (Å²) >= 11 is 0. The van der Waals surface area contributed by atoms with Crippen LogP contribution >= 0.6 is 0 Å². The first-order valence-corrected chi connectivity index (χ1v) is 5.92. The average molecular weight is 250 g/mol. The third-order valence-corrected chi connectivity index (χ3v) is 3.13. The third kappa shape index (κ3) is 4.55. The van der Waals surface area contributed by atoms with Crippen LogP contribution in [0.3, 0.4) is 0 Å². The molecule has 1 aliphatic heterocycles. The smallest absolute Gasteiger partial charge is 0.303 e. The van der Waals surface area contributed by atoms with Crippen molar-refractivity contribution in [2.75, 3.05) is 26.2 Å². The standard InChI is InChI=1S/C13H20N3O2/c1-13(14(2)3)10-15(4)8-9-16(11-13)7-5-6-12(17)18/h2-4,7H,5-6,8-11H2,1H3,(H,17,18). The van der Waals surface area contributed by atoms with Gasteiger partial charge in [0.05, 0.1) is 0 Å². The molecule has 1 fully saturated rings. The SMILES string of the molecule is [CH]N1CCN([CH]CCC(=O)O)CC(C)(N([CH])[CH])C1. The lowest BCUT2D eigenvalue weighted by molar-refractivity contribution is -0.137. The third-order valence-electron chi connectivity index (χ3n) is 3.13. The summed E-state index contributed by atoms with van der Waals surface area (Å²) in [6, 6.07) is 0. The molecule has 1 unspecified atom stereocenters. The monoisotopic (exact) mass is 250 g/mol. The second-order valence-electron chi connectivity index (χ2n) is 4.96. The first kappa shape index (κ1) is 15.4. The summed E-state index contributed by atoms with van der Waals surface area (Å²) in [7, 11) is 17.2. The van der Waals surface area contributed by atoms with Gasteiger partial charge in [0.1, 0.15) is 0 Å². The quantitative estimate of drug-likeness (QED) is 0.728. The van der Waals surface area contributed by atoms with E-state index in [-0.39, 0.29) is 6.42 Å². The summed E-state index contributed by atoms with van der Waals surface area (Å²) in [5.41, 5.74) is -0.467. The average Bonchev–Trinajstić information content (AvgIpc) is 2.38. The minimum Gasteiger partial charge on any atom is -0.481 e. The number of hydrogen-bond acceptors (Lipinski definition) is 4. The summed E-state index contributed by atoms with van der Waals surface area (Å²) in [5.74, 6) is -0.802. The molecule has 0 saturated carbocycles. The highest BCUT2D eigenvalue weighted by molar-refractivity contribution is 5.66. The van der Waals surface area contributed by atoms with Crippen LogP contribution < -0.4 is 0 Å². The van der Waals surface area contributed by atoms with Crippen molar-refractivity contribution in [2.24, 2.45) is 0 Å². The van der Waals surface area contributed by atoms with Crippen molar-refractivity contribution >= 4 is 5.97 Å². The van der Waals surface area contributed by atoms with Crippen LogP contribution in [0.4, 0.5) is 0 Å². The van der Waals surface area contributed by atoms with Crippen molar-refractivity contribution < 1.29 is 9.90 Å². The Kier molecular flexibility index (Phi) is 5.56. The van der Waals surface area contributed by atoms with Gasteiger partial charge >= 0.3 is 5.97 Å². The summed E-state index contributed by atoms with van der Waals surface area (Å²) in [6.45, 7) is 6.41. The first-order chi connectivity index (χ1) is 8.33. The highest BCUT2D eigenvalue weighted by Gasteiger charge is 2.33. The molecule has 0 aromatic heterocycles. The molecule has 1 atom stereocenters. The van der Waals surface area contributed by atoms with Crippen molar-refractivity contribution in [3.05, 3.63) is 27.7 Å². The van der Waals surface area contributed by atoms with Gasteiger partial charge in [-0.15, -0.1) is 0 Å². The summed E-state index contributed by atoms with van der Waals surface area (Å²) in [6.07, 6.45) is 0.611. The molecule has 1 heterocycles. The van der Waals surface area contributed by atoms with Crippen LogP contribution in [0.5, 0.6) is 0 Å². The maximum absolute atomic E-state index is 10.5. The zero-order valence-electron chi connectivity index (χ0n) is 10.7. The largest absolute Gasteiger partial charge is 0.481 e. The van der Waals surface area contributed by atoms with Crippen LogP contribution in [0, 0.1) is 27.7 Å². The Balaban J connectivity index is 2.55.